The second-order valence-electron chi connectivity index (χ2n) is 3.47. The van der Waals surface area contributed by atoms with Gasteiger partial charge in [0.25, 0.3) is 0 Å². The van der Waals surface area contributed by atoms with E-state index in [4.69, 9.17) is 5.73 Å². The summed E-state index contributed by atoms with van der Waals surface area (Å²) in [5.74, 6) is 0. The van der Waals surface area contributed by atoms with Crippen LogP contribution in [0.5, 0.6) is 0 Å². The standard InChI is InChI=1S/C10H14N4S/c1-7-8(5-14(2)13-7)9-6-15-10(12-9)3-4-11/h5-6H,3-4,11H2,1-2H3. The molecule has 2 N–H and O–H groups in total. The second kappa shape index (κ2) is 4.12. The van der Waals surface area contributed by atoms with Gasteiger partial charge in [-0.2, -0.15) is 5.10 Å². The van der Waals surface area contributed by atoms with Crippen molar-refractivity contribution >= 4 is 11.3 Å². The number of thiazole rings is 1. The zero-order valence-corrected chi connectivity index (χ0v) is 9.71. The molecule has 80 valence electrons. The predicted octanol–water partition coefficient (Wildman–Crippen LogP) is 1.35. The minimum Gasteiger partial charge on any atom is -0.330 e. The van der Waals surface area contributed by atoms with Crippen LogP contribution in [0.25, 0.3) is 11.3 Å². The fraction of sp³-hybridized carbons (Fsp3) is 0.400. The maximum atomic E-state index is 5.49. The molecule has 0 saturated heterocycles. The fourth-order valence-corrected chi connectivity index (χ4v) is 2.34. The van der Waals surface area contributed by atoms with E-state index in [9.17, 15) is 0 Å². The molecule has 0 spiro atoms. The molecule has 2 heterocycles. The first-order valence-corrected chi connectivity index (χ1v) is 5.73. The summed E-state index contributed by atoms with van der Waals surface area (Å²) in [6.07, 6.45) is 2.85. The lowest BCUT2D eigenvalue weighted by Gasteiger charge is -1.91. The summed E-state index contributed by atoms with van der Waals surface area (Å²) in [4.78, 5) is 4.53. The highest BCUT2D eigenvalue weighted by Gasteiger charge is 2.09. The Morgan fingerprint density at radius 2 is 2.33 bits per heavy atom. The van der Waals surface area contributed by atoms with E-state index in [1.54, 1.807) is 11.3 Å². The molecule has 2 rings (SSSR count). The van der Waals surface area contributed by atoms with Gasteiger partial charge in [-0.3, -0.25) is 4.68 Å². The molecule has 0 aliphatic rings. The summed E-state index contributed by atoms with van der Waals surface area (Å²) in [6, 6.07) is 0. The van der Waals surface area contributed by atoms with E-state index in [1.807, 2.05) is 24.9 Å². The van der Waals surface area contributed by atoms with Crippen LogP contribution in [0.1, 0.15) is 10.7 Å². The summed E-state index contributed by atoms with van der Waals surface area (Å²) in [6.45, 7) is 2.65. The number of rotatable bonds is 3. The van der Waals surface area contributed by atoms with Gasteiger partial charge in [-0.1, -0.05) is 0 Å². The SMILES string of the molecule is Cc1nn(C)cc1-c1csc(CCN)n1. The molecule has 2 aromatic heterocycles. The Balaban J connectivity index is 2.32. The topological polar surface area (TPSA) is 56.7 Å². The summed E-state index contributed by atoms with van der Waals surface area (Å²) in [7, 11) is 1.92. The molecule has 0 aliphatic carbocycles. The lowest BCUT2D eigenvalue weighted by atomic mass is 10.2. The first kappa shape index (κ1) is 10.3. The van der Waals surface area contributed by atoms with Crippen molar-refractivity contribution in [3.63, 3.8) is 0 Å². The molecule has 0 fully saturated rings. The van der Waals surface area contributed by atoms with E-state index in [0.29, 0.717) is 6.54 Å². The predicted molar refractivity (Wildman–Crippen MR) is 61.8 cm³/mol. The third kappa shape index (κ3) is 2.08. The Hall–Kier alpha value is -1.20. The molecule has 0 aliphatic heterocycles. The van der Waals surface area contributed by atoms with Crippen LogP contribution in [-0.2, 0) is 13.5 Å². The maximum absolute atomic E-state index is 5.49. The van der Waals surface area contributed by atoms with Crippen LogP contribution in [0.15, 0.2) is 11.6 Å². The van der Waals surface area contributed by atoms with Crippen LogP contribution in [0.3, 0.4) is 0 Å². The van der Waals surface area contributed by atoms with E-state index in [-0.39, 0.29) is 0 Å². The Labute approximate surface area is 92.8 Å². The van der Waals surface area contributed by atoms with Gasteiger partial charge in [0.2, 0.25) is 0 Å². The van der Waals surface area contributed by atoms with Gasteiger partial charge in [-0.25, -0.2) is 4.98 Å². The van der Waals surface area contributed by atoms with Gasteiger partial charge in [-0.05, 0) is 13.5 Å². The quantitative estimate of drug-likeness (QED) is 0.853. The first-order chi connectivity index (χ1) is 7.20. The van der Waals surface area contributed by atoms with E-state index < -0.39 is 0 Å². The van der Waals surface area contributed by atoms with Crippen molar-refractivity contribution < 1.29 is 0 Å². The minimum absolute atomic E-state index is 0.652. The van der Waals surface area contributed by atoms with Crippen LogP contribution in [0.2, 0.25) is 0 Å². The van der Waals surface area contributed by atoms with E-state index in [0.717, 1.165) is 28.4 Å². The lowest BCUT2D eigenvalue weighted by Crippen LogP contribution is -2.01. The number of nitrogens with zero attached hydrogens (tertiary/aromatic N) is 3. The van der Waals surface area contributed by atoms with Gasteiger partial charge in [0.15, 0.2) is 0 Å². The summed E-state index contributed by atoms with van der Waals surface area (Å²) >= 11 is 1.66. The Morgan fingerprint density at radius 1 is 1.53 bits per heavy atom. The first-order valence-electron chi connectivity index (χ1n) is 4.86. The molecule has 0 atom stereocenters. The third-order valence-electron chi connectivity index (χ3n) is 2.20. The van der Waals surface area contributed by atoms with Gasteiger partial charge in [0.05, 0.1) is 16.4 Å². The smallest absolute Gasteiger partial charge is 0.0945 e. The molecule has 4 nitrogen and oxygen atoms in total. The molecular weight excluding hydrogens is 208 g/mol. The Morgan fingerprint density at radius 3 is 2.93 bits per heavy atom. The zero-order chi connectivity index (χ0) is 10.8. The molecule has 0 radical (unpaired) electrons. The van der Waals surface area contributed by atoms with Crippen molar-refractivity contribution in [2.24, 2.45) is 12.8 Å². The lowest BCUT2D eigenvalue weighted by molar-refractivity contribution is 0.756. The van der Waals surface area contributed by atoms with E-state index in [2.05, 4.69) is 15.5 Å². The average molecular weight is 222 g/mol. The average Bonchev–Trinajstić information content (AvgIpc) is 2.73. The molecule has 0 saturated carbocycles. The van der Waals surface area contributed by atoms with Crippen LogP contribution >= 0.6 is 11.3 Å². The number of aryl methyl sites for hydroxylation is 2. The van der Waals surface area contributed by atoms with E-state index >= 15 is 0 Å². The summed E-state index contributed by atoms with van der Waals surface area (Å²) < 4.78 is 1.81. The summed E-state index contributed by atoms with van der Waals surface area (Å²) in [5.41, 5.74) is 8.63. The molecule has 0 unspecified atom stereocenters. The van der Waals surface area contributed by atoms with Crippen molar-refractivity contribution in [3.8, 4) is 11.3 Å². The number of nitrogens with two attached hydrogens (primary N) is 1. The number of hydrogen-bond donors (Lipinski definition) is 1. The van der Waals surface area contributed by atoms with Crippen molar-refractivity contribution in [2.45, 2.75) is 13.3 Å². The van der Waals surface area contributed by atoms with Gasteiger partial charge >= 0.3 is 0 Å². The highest BCUT2D eigenvalue weighted by atomic mass is 32.1. The van der Waals surface area contributed by atoms with Gasteiger partial charge in [0, 0.05) is 30.6 Å². The van der Waals surface area contributed by atoms with Crippen molar-refractivity contribution in [3.05, 3.63) is 22.3 Å². The molecule has 2 aromatic rings. The molecule has 5 heteroatoms. The third-order valence-corrected chi connectivity index (χ3v) is 3.11. The van der Waals surface area contributed by atoms with Crippen molar-refractivity contribution in [1.29, 1.82) is 0 Å². The van der Waals surface area contributed by atoms with Crippen LogP contribution in [0.4, 0.5) is 0 Å². The van der Waals surface area contributed by atoms with Crippen LogP contribution < -0.4 is 5.73 Å². The monoisotopic (exact) mass is 222 g/mol. The molecular formula is C10H14N4S. The van der Waals surface area contributed by atoms with Crippen molar-refractivity contribution in [1.82, 2.24) is 14.8 Å². The van der Waals surface area contributed by atoms with Gasteiger partial charge in [0.1, 0.15) is 0 Å². The highest BCUT2D eigenvalue weighted by Crippen LogP contribution is 2.24. The molecule has 15 heavy (non-hydrogen) atoms. The maximum Gasteiger partial charge on any atom is 0.0945 e. The minimum atomic E-state index is 0.652. The largest absolute Gasteiger partial charge is 0.330 e. The summed E-state index contributed by atoms with van der Waals surface area (Å²) in [5, 5.41) is 7.46. The fourth-order valence-electron chi connectivity index (χ4n) is 1.52. The van der Waals surface area contributed by atoms with Gasteiger partial charge in [-0.15, -0.1) is 11.3 Å². The second-order valence-corrected chi connectivity index (χ2v) is 4.41. The van der Waals surface area contributed by atoms with Crippen molar-refractivity contribution in [2.75, 3.05) is 6.54 Å². The normalized spacial score (nSPS) is 10.9. The van der Waals surface area contributed by atoms with E-state index in [1.165, 1.54) is 0 Å². The Bertz CT molecular complexity index is 458. The Kier molecular flexibility index (Phi) is 2.83. The number of hydrogen-bond acceptors (Lipinski definition) is 4. The molecule has 0 bridgehead atoms. The van der Waals surface area contributed by atoms with Crippen LogP contribution in [0, 0.1) is 6.92 Å². The van der Waals surface area contributed by atoms with Crippen LogP contribution in [-0.4, -0.2) is 21.3 Å². The number of aromatic nitrogens is 3. The molecule has 0 aromatic carbocycles. The zero-order valence-electron chi connectivity index (χ0n) is 8.90. The molecule has 0 amide bonds. The highest BCUT2D eigenvalue weighted by molar-refractivity contribution is 7.09. The van der Waals surface area contributed by atoms with Gasteiger partial charge < -0.3 is 5.73 Å².